The highest BCUT2D eigenvalue weighted by Gasteiger charge is 2.09. The molecule has 1 aliphatic carbocycles. The third-order valence-corrected chi connectivity index (χ3v) is 2.00. The second-order valence-corrected chi connectivity index (χ2v) is 3.13. The van der Waals surface area contributed by atoms with Crippen molar-refractivity contribution in [1.29, 1.82) is 0 Å². The van der Waals surface area contributed by atoms with Crippen LogP contribution < -0.4 is 0 Å². The first-order valence-corrected chi connectivity index (χ1v) is 4.07. The van der Waals surface area contributed by atoms with Gasteiger partial charge in [-0.15, -0.1) is 0 Å². The minimum Gasteiger partial charge on any atom is -0.294 e. The zero-order valence-corrected chi connectivity index (χ0v) is 7.02. The Bertz CT molecular complexity index is 211. The van der Waals surface area contributed by atoms with E-state index in [4.69, 9.17) is 0 Å². The molecule has 0 aromatic heterocycles. The predicted octanol–water partition coefficient (Wildman–Crippen LogP) is 2.63. The molecule has 1 nitrogen and oxygen atoms in total. The second-order valence-electron chi connectivity index (χ2n) is 3.13. The number of hydrogen-bond donors (Lipinski definition) is 0. The van der Waals surface area contributed by atoms with E-state index in [0.717, 1.165) is 12.8 Å². The Balaban J connectivity index is 2.42. The van der Waals surface area contributed by atoms with Crippen molar-refractivity contribution in [3.8, 4) is 0 Å². The fourth-order valence-corrected chi connectivity index (χ4v) is 1.26. The summed E-state index contributed by atoms with van der Waals surface area (Å²) < 4.78 is 0. The van der Waals surface area contributed by atoms with Crippen molar-refractivity contribution >= 4 is 5.78 Å². The molecule has 0 N–H and O–H groups in total. The molecule has 1 heteroatoms. The molecule has 0 aromatic carbocycles. The van der Waals surface area contributed by atoms with Crippen molar-refractivity contribution in [2.24, 2.45) is 0 Å². The fraction of sp³-hybridized carbons (Fsp3) is 0.500. The van der Waals surface area contributed by atoms with Crippen LogP contribution in [0.2, 0.25) is 0 Å². The third-order valence-electron chi connectivity index (χ3n) is 2.00. The largest absolute Gasteiger partial charge is 0.294 e. The Kier molecular flexibility index (Phi) is 2.64. The highest BCUT2D eigenvalue weighted by atomic mass is 16.1. The van der Waals surface area contributed by atoms with Crippen molar-refractivity contribution in [3.63, 3.8) is 0 Å². The van der Waals surface area contributed by atoms with Crippen LogP contribution in [-0.2, 0) is 4.79 Å². The van der Waals surface area contributed by atoms with Crippen molar-refractivity contribution < 1.29 is 4.79 Å². The van der Waals surface area contributed by atoms with Crippen LogP contribution in [0, 0.1) is 0 Å². The standard InChI is InChI=1S/C10H14O/c1-8(2)10(11)7-9-5-3-4-6-9/h5H,1,3-4,6-7H2,2H3. The van der Waals surface area contributed by atoms with E-state index < -0.39 is 0 Å². The fourth-order valence-electron chi connectivity index (χ4n) is 1.26. The van der Waals surface area contributed by atoms with E-state index in [2.05, 4.69) is 12.7 Å². The maximum Gasteiger partial charge on any atom is 0.162 e. The maximum atomic E-state index is 11.2. The van der Waals surface area contributed by atoms with Crippen LogP contribution >= 0.6 is 0 Å². The zero-order chi connectivity index (χ0) is 8.27. The van der Waals surface area contributed by atoms with Crippen LogP contribution in [0.25, 0.3) is 0 Å². The van der Waals surface area contributed by atoms with Crippen LogP contribution in [-0.4, -0.2) is 5.78 Å². The van der Waals surface area contributed by atoms with Crippen molar-refractivity contribution in [1.82, 2.24) is 0 Å². The molecule has 0 saturated heterocycles. The molecule has 1 rings (SSSR count). The van der Waals surface area contributed by atoms with E-state index in [1.54, 1.807) is 6.92 Å². The van der Waals surface area contributed by atoms with Crippen LogP contribution in [0.4, 0.5) is 0 Å². The zero-order valence-electron chi connectivity index (χ0n) is 7.02. The monoisotopic (exact) mass is 150 g/mol. The second kappa shape index (κ2) is 3.51. The Hall–Kier alpha value is -0.850. The van der Waals surface area contributed by atoms with Gasteiger partial charge in [0.1, 0.15) is 0 Å². The lowest BCUT2D eigenvalue weighted by molar-refractivity contribution is -0.114. The Labute approximate surface area is 67.8 Å². The average molecular weight is 150 g/mol. The molecular weight excluding hydrogens is 136 g/mol. The van der Waals surface area contributed by atoms with E-state index >= 15 is 0 Å². The van der Waals surface area contributed by atoms with Crippen LogP contribution in [0.3, 0.4) is 0 Å². The number of rotatable bonds is 3. The Morgan fingerprint density at radius 1 is 1.73 bits per heavy atom. The number of ketones is 1. The molecule has 0 unspecified atom stereocenters. The number of allylic oxidation sites excluding steroid dienone is 3. The van der Waals surface area contributed by atoms with Gasteiger partial charge in [-0.1, -0.05) is 18.2 Å². The number of Topliss-reactive ketones (excluding diaryl/α,β-unsaturated/α-hetero) is 1. The summed E-state index contributed by atoms with van der Waals surface area (Å²) in [5.41, 5.74) is 1.98. The van der Waals surface area contributed by atoms with Gasteiger partial charge >= 0.3 is 0 Å². The Morgan fingerprint density at radius 3 is 2.91 bits per heavy atom. The van der Waals surface area contributed by atoms with Gasteiger partial charge in [0, 0.05) is 6.42 Å². The summed E-state index contributed by atoms with van der Waals surface area (Å²) in [5.74, 6) is 0.193. The van der Waals surface area contributed by atoms with Crippen LogP contribution in [0.15, 0.2) is 23.8 Å². The van der Waals surface area contributed by atoms with Gasteiger partial charge in [-0.25, -0.2) is 0 Å². The molecule has 11 heavy (non-hydrogen) atoms. The highest BCUT2D eigenvalue weighted by Crippen LogP contribution is 2.21. The molecule has 60 valence electrons. The minimum atomic E-state index is 0.193. The Morgan fingerprint density at radius 2 is 2.45 bits per heavy atom. The quantitative estimate of drug-likeness (QED) is 0.446. The van der Waals surface area contributed by atoms with Crippen molar-refractivity contribution in [2.75, 3.05) is 0 Å². The smallest absolute Gasteiger partial charge is 0.162 e. The first-order chi connectivity index (χ1) is 5.20. The third kappa shape index (κ3) is 2.34. The summed E-state index contributed by atoms with van der Waals surface area (Å²) >= 11 is 0. The van der Waals surface area contributed by atoms with Crippen LogP contribution in [0.5, 0.6) is 0 Å². The molecule has 0 spiro atoms. The average Bonchev–Trinajstić information content (AvgIpc) is 2.39. The molecule has 0 radical (unpaired) electrons. The van der Waals surface area contributed by atoms with Gasteiger partial charge in [-0.05, 0) is 31.8 Å². The maximum absolute atomic E-state index is 11.2. The van der Waals surface area contributed by atoms with Gasteiger partial charge in [0.2, 0.25) is 0 Å². The van der Waals surface area contributed by atoms with Gasteiger partial charge in [0.05, 0.1) is 0 Å². The topological polar surface area (TPSA) is 17.1 Å². The van der Waals surface area contributed by atoms with Gasteiger partial charge in [-0.3, -0.25) is 4.79 Å². The first-order valence-electron chi connectivity index (χ1n) is 4.07. The SMILES string of the molecule is C=C(C)C(=O)CC1=CCCC1. The summed E-state index contributed by atoms with van der Waals surface area (Å²) in [4.78, 5) is 11.2. The van der Waals surface area contributed by atoms with E-state index in [1.165, 1.54) is 12.0 Å². The molecule has 0 aromatic rings. The van der Waals surface area contributed by atoms with Gasteiger partial charge < -0.3 is 0 Å². The number of carbonyl (C=O) groups is 1. The normalized spacial score (nSPS) is 16.3. The lowest BCUT2D eigenvalue weighted by Crippen LogP contribution is -1.98. The molecule has 0 saturated carbocycles. The van der Waals surface area contributed by atoms with E-state index in [1.807, 2.05) is 0 Å². The molecule has 1 aliphatic rings. The van der Waals surface area contributed by atoms with Gasteiger partial charge in [0.15, 0.2) is 5.78 Å². The molecular formula is C10H14O. The van der Waals surface area contributed by atoms with E-state index in [-0.39, 0.29) is 5.78 Å². The first kappa shape index (κ1) is 8.25. The minimum absolute atomic E-state index is 0.193. The number of carbonyl (C=O) groups excluding carboxylic acids is 1. The summed E-state index contributed by atoms with van der Waals surface area (Å²) in [6, 6.07) is 0. The summed E-state index contributed by atoms with van der Waals surface area (Å²) in [6.45, 7) is 5.40. The summed E-state index contributed by atoms with van der Waals surface area (Å²) in [5, 5.41) is 0. The van der Waals surface area contributed by atoms with E-state index in [9.17, 15) is 4.79 Å². The lowest BCUT2D eigenvalue weighted by atomic mass is 10.1. The molecule has 0 heterocycles. The van der Waals surface area contributed by atoms with Gasteiger partial charge in [-0.2, -0.15) is 0 Å². The van der Waals surface area contributed by atoms with Crippen molar-refractivity contribution in [3.05, 3.63) is 23.8 Å². The summed E-state index contributed by atoms with van der Waals surface area (Å²) in [7, 11) is 0. The molecule has 0 atom stereocenters. The number of hydrogen-bond acceptors (Lipinski definition) is 1. The molecule has 0 bridgehead atoms. The highest BCUT2D eigenvalue weighted by molar-refractivity contribution is 5.95. The van der Waals surface area contributed by atoms with Gasteiger partial charge in [0.25, 0.3) is 0 Å². The van der Waals surface area contributed by atoms with Crippen molar-refractivity contribution in [2.45, 2.75) is 32.6 Å². The van der Waals surface area contributed by atoms with E-state index in [0.29, 0.717) is 12.0 Å². The molecule has 0 fully saturated rings. The van der Waals surface area contributed by atoms with Crippen LogP contribution in [0.1, 0.15) is 32.6 Å². The molecule has 0 amide bonds. The molecule has 0 aliphatic heterocycles. The predicted molar refractivity (Wildman–Crippen MR) is 46.4 cm³/mol. The summed E-state index contributed by atoms with van der Waals surface area (Å²) in [6.07, 6.45) is 6.27. The lowest BCUT2D eigenvalue weighted by Gasteiger charge is -1.99.